The fraction of sp³-hybridized carbons (Fsp3) is 0.286. The molecule has 2 aromatic heterocycles. The number of rotatable bonds is 5. The van der Waals surface area contributed by atoms with Crippen LogP contribution in [0.15, 0.2) is 41.4 Å². The third-order valence-corrected chi connectivity index (χ3v) is 4.16. The number of nitrogens with one attached hydrogen (secondary N) is 1. The lowest BCUT2D eigenvalue weighted by molar-refractivity contribution is 0.556. The lowest BCUT2D eigenvalue weighted by Crippen LogP contribution is -2.01. The zero-order chi connectivity index (χ0) is 13.9. The van der Waals surface area contributed by atoms with Crippen LogP contribution in [0.25, 0.3) is 11.0 Å². The van der Waals surface area contributed by atoms with Gasteiger partial charge in [0.1, 0.15) is 0 Å². The highest BCUT2D eigenvalue weighted by molar-refractivity contribution is 9.10. The van der Waals surface area contributed by atoms with Crippen molar-refractivity contribution in [2.45, 2.75) is 25.9 Å². The number of H-pyrrole nitrogens is 1. The Morgan fingerprint density at radius 1 is 1.25 bits per heavy atom. The van der Waals surface area contributed by atoms with E-state index in [4.69, 9.17) is 12.2 Å². The molecule has 0 radical (unpaired) electrons. The molecule has 0 aliphatic rings. The number of imidazole rings is 2. The minimum absolute atomic E-state index is 0.792. The number of nitrogens with zero attached hydrogens (tertiary/aromatic N) is 3. The van der Waals surface area contributed by atoms with Gasteiger partial charge in [0.05, 0.1) is 17.4 Å². The van der Waals surface area contributed by atoms with Crippen molar-refractivity contribution in [1.82, 2.24) is 19.1 Å². The Morgan fingerprint density at radius 2 is 2.10 bits per heavy atom. The topological polar surface area (TPSA) is 38.5 Å². The average Bonchev–Trinajstić information content (AvgIpc) is 3.03. The highest BCUT2D eigenvalue weighted by Crippen LogP contribution is 2.20. The predicted molar refractivity (Wildman–Crippen MR) is 86.3 cm³/mol. The lowest BCUT2D eigenvalue weighted by Gasteiger charge is -2.05. The van der Waals surface area contributed by atoms with Crippen molar-refractivity contribution in [2.75, 3.05) is 0 Å². The van der Waals surface area contributed by atoms with Gasteiger partial charge in [-0.05, 0) is 43.3 Å². The Hall–Kier alpha value is -1.40. The van der Waals surface area contributed by atoms with Gasteiger partial charge in [-0.25, -0.2) is 4.98 Å². The Kier molecular flexibility index (Phi) is 4.03. The zero-order valence-electron chi connectivity index (χ0n) is 10.9. The molecule has 0 bridgehead atoms. The van der Waals surface area contributed by atoms with Crippen LogP contribution in [-0.4, -0.2) is 19.1 Å². The van der Waals surface area contributed by atoms with Gasteiger partial charge in [0, 0.05) is 30.0 Å². The number of unbranched alkanes of at least 4 members (excludes halogenated alkanes) is 1. The first kappa shape index (κ1) is 13.6. The molecule has 0 saturated heterocycles. The fourth-order valence-electron chi connectivity index (χ4n) is 2.33. The van der Waals surface area contributed by atoms with Crippen LogP contribution in [0.2, 0.25) is 0 Å². The summed E-state index contributed by atoms with van der Waals surface area (Å²) in [5.74, 6) is 0. The quantitative estimate of drug-likeness (QED) is 0.554. The van der Waals surface area contributed by atoms with E-state index in [-0.39, 0.29) is 0 Å². The monoisotopic (exact) mass is 350 g/mol. The maximum absolute atomic E-state index is 5.40. The Bertz CT molecular complexity index is 757. The third-order valence-electron chi connectivity index (χ3n) is 3.34. The Balaban J connectivity index is 1.69. The van der Waals surface area contributed by atoms with Gasteiger partial charge < -0.3 is 14.1 Å². The Labute approximate surface area is 130 Å². The van der Waals surface area contributed by atoms with Crippen molar-refractivity contribution in [3.05, 3.63) is 46.2 Å². The van der Waals surface area contributed by atoms with Crippen molar-refractivity contribution >= 4 is 39.2 Å². The standard InChI is InChI=1S/C14H15BrN4S/c15-11-3-4-12-13(9-11)19(14(20)17-12)7-2-1-6-18-8-5-16-10-18/h3-5,8-10H,1-2,6-7H2,(H,17,20). The summed E-state index contributed by atoms with van der Waals surface area (Å²) in [7, 11) is 0. The number of aryl methyl sites for hydroxylation is 2. The molecule has 1 N–H and O–H groups in total. The first-order chi connectivity index (χ1) is 9.74. The molecule has 0 aliphatic carbocycles. The summed E-state index contributed by atoms with van der Waals surface area (Å²) in [5, 5.41) is 0. The molecule has 6 heteroatoms. The molecule has 0 spiro atoms. The van der Waals surface area contributed by atoms with E-state index in [1.54, 1.807) is 0 Å². The summed E-state index contributed by atoms with van der Waals surface area (Å²) in [5.41, 5.74) is 2.25. The summed E-state index contributed by atoms with van der Waals surface area (Å²) in [6.07, 6.45) is 7.86. The van der Waals surface area contributed by atoms with Crippen LogP contribution in [-0.2, 0) is 13.1 Å². The molecular weight excluding hydrogens is 336 g/mol. The van der Waals surface area contributed by atoms with Crippen LogP contribution >= 0.6 is 28.1 Å². The maximum atomic E-state index is 5.40. The molecule has 104 valence electrons. The minimum atomic E-state index is 0.792. The van der Waals surface area contributed by atoms with E-state index in [0.29, 0.717) is 0 Å². The molecule has 0 amide bonds. The molecule has 2 heterocycles. The fourth-order valence-corrected chi connectivity index (χ4v) is 2.98. The van der Waals surface area contributed by atoms with E-state index in [2.05, 4.69) is 47.2 Å². The van der Waals surface area contributed by atoms with Crippen molar-refractivity contribution in [1.29, 1.82) is 0 Å². The molecule has 4 nitrogen and oxygen atoms in total. The summed E-state index contributed by atoms with van der Waals surface area (Å²) in [6, 6.07) is 6.19. The van der Waals surface area contributed by atoms with E-state index in [1.165, 1.54) is 0 Å². The molecule has 0 aliphatic heterocycles. The zero-order valence-corrected chi connectivity index (χ0v) is 13.3. The second-order valence-corrected chi connectivity index (χ2v) is 6.05. The number of hydrogen-bond acceptors (Lipinski definition) is 2. The minimum Gasteiger partial charge on any atom is -0.337 e. The molecule has 20 heavy (non-hydrogen) atoms. The van der Waals surface area contributed by atoms with Gasteiger partial charge >= 0.3 is 0 Å². The van der Waals surface area contributed by atoms with Crippen LogP contribution in [0.3, 0.4) is 0 Å². The number of benzene rings is 1. The first-order valence-electron chi connectivity index (χ1n) is 6.58. The van der Waals surface area contributed by atoms with Crippen LogP contribution in [0.5, 0.6) is 0 Å². The number of aromatic amines is 1. The molecular formula is C14H15BrN4S. The molecule has 0 saturated carbocycles. The second-order valence-electron chi connectivity index (χ2n) is 4.75. The van der Waals surface area contributed by atoms with Crippen molar-refractivity contribution in [2.24, 2.45) is 0 Å². The van der Waals surface area contributed by atoms with Crippen LogP contribution in [0.1, 0.15) is 12.8 Å². The Morgan fingerprint density at radius 3 is 2.90 bits per heavy atom. The smallest absolute Gasteiger partial charge is 0.178 e. The highest BCUT2D eigenvalue weighted by Gasteiger charge is 2.04. The molecule has 0 unspecified atom stereocenters. The van der Waals surface area contributed by atoms with Crippen molar-refractivity contribution in [3.63, 3.8) is 0 Å². The van der Waals surface area contributed by atoms with Gasteiger partial charge in [-0.15, -0.1) is 0 Å². The van der Waals surface area contributed by atoms with Gasteiger partial charge in [0.15, 0.2) is 4.77 Å². The van der Waals surface area contributed by atoms with E-state index >= 15 is 0 Å². The van der Waals surface area contributed by atoms with Gasteiger partial charge in [0.25, 0.3) is 0 Å². The predicted octanol–water partition coefficient (Wildman–Crippen LogP) is 4.14. The van der Waals surface area contributed by atoms with E-state index in [0.717, 1.165) is 46.2 Å². The van der Waals surface area contributed by atoms with Crippen LogP contribution in [0.4, 0.5) is 0 Å². The first-order valence-corrected chi connectivity index (χ1v) is 7.78. The second kappa shape index (κ2) is 5.93. The van der Waals surface area contributed by atoms with E-state index < -0.39 is 0 Å². The number of hydrogen-bond donors (Lipinski definition) is 1. The summed E-state index contributed by atoms with van der Waals surface area (Å²) in [6.45, 7) is 1.93. The van der Waals surface area contributed by atoms with Crippen molar-refractivity contribution in [3.8, 4) is 0 Å². The maximum Gasteiger partial charge on any atom is 0.178 e. The largest absolute Gasteiger partial charge is 0.337 e. The molecule has 1 aromatic carbocycles. The van der Waals surface area contributed by atoms with Gasteiger partial charge in [0.2, 0.25) is 0 Å². The van der Waals surface area contributed by atoms with Crippen LogP contribution in [0, 0.1) is 4.77 Å². The summed E-state index contributed by atoms with van der Waals surface area (Å²) >= 11 is 8.91. The summed E-state index contributed by atoms with van der Waals surface area (Å²) in [4.78, 5) is 7.30. The van der Waals surface area contributed by atoms with Gasteiger partial charge in [-0.3, -0.25) is 0 Å². The van der Waals surface area contributed by atoms with Crippen LogP contribution < -0.4 is 0 Å². The van der Waals surface area contributed by atoms with E-state index in [9.17, 15) is 0 Å². The van der Waals surface area contributed by atoms with Gasteiger partial charge in [-0.1, -0.05) is 15.9 Å². The number of fused-ring (bicyclic) bond motifs is 1. The van der Waals surface area contributed by atoms with Crippen molar-refractivity contribution < 1.29 is 0 Å². The SMILES string of the molecule is S=c1[nH]c2ccc(Br)cc2n1CCCCn1ccnc1. The summed E-state index contributed by atoms with van der Waals surface area (Å²) < 4.78 is 6.14. The third kappa shape index (κ3) is 2.86. The molecule has 0 fully saturated rings. The van der Waals surface area contributed by atoms with Gasteiger partial charge in [-0.2, -0.15) is 0 Å². The highest BCUT2D eigenvalue weighted by atomic mass is 79.9. The molecule has 3 aromatic rings. The number of halogens is 1. The molecule has 3 rings (SSSR count). The normalized spacial score (nSPS) is 11.2. The van der Waals surface area contributed by atoms with E-state index in [1.807, 2.05) is 24.8 Å². The number of aromatic nitrogens is 4. The molecule has 0 atom stereocenters. The lowest BCUT2D eigenvalue weighted by atomic mass is 10.3. The average molecular weight is 351 g/mol.